The molecule has 0 bridgehead atoms. The lowest BCUT2D eigenvalue weighted by atomic mass is 10.0. The molecule has 0 saturated carbocycles. The van der Waals surface area contributed by atoms with Crippen molar-refractivity contribution >= 4 is 5.91 Å². The highest BCUT2D eigenvalue weighted by Crippen LogP contribution is 2.08. The van der Waals surface area contributed by atoms with Crippen molar-refractivity contribution in [1.29, 1.82) is 0 Å². The first-order valence-electron chi connectivity index (χ1n) is 7.01. The van der Waals surface area contributed by atoms with Gasteiger partial charge in [-0.05, 0) is 49.8 Å². The standard InChI is InChI=1S/C16H24FNO/c1-12(2)4-5-13(3)18-16(19)11-8-14-6-9-15(17)10-7-14/h6-7,9-10,12-13H,4-5,8,11H2,1-3H3,(H,18,19). The van der Waals surface area contributed by atoms with E-state index in [2.05, 4.69) is 19.2 Å². The average Bonchev–Trinajstić information content (AvgIpc) is 2.36. The summed E-state index contributed by atoms with van der Waals surface area (Å²) in [4.78, 5) is 11.8. The van der Waals surface area contributed by atoms with E-state index in [0.29, 0.717) is 18.8 Å². The fraction of sp³-hybridized carbons (Fsp3) is 0.562. The van der Waals surface area contributed by atoms with Crippen LogP contribution in [0.1, 0.15) is 45.6 Å². The summed E-state index contributed by atoms with van der Waals surface area (Å²) < 4.78 is 12.7. The van der Waals surface area contributed by atoms with Gasteiger partial charge in [0.2, 0.25) is 5.91 Å². The van der Waals surface area contributed by atoms with Crippen molar-refractivity contribution in [3.05, 3.63) is 35.6 Å². The van der Waals surface area contributed by atoms with Crippen LogP contribution in [0.3, 0.4) is 0 Å². The number of carbonyl (C=O) groups is 1. The number of rotatable bonds is 7. The third-order valence-electron chi connectivity index (χ3n) is 3.14. The van der Waals surface area contributed by atoms with Crippen molar-refractivity contribution in [1.82, 2.24) is 5.32 Å². The molecule has 19 heavy (non-hydrogen) atoms. The molecule has 0 heterocycles. The summed E-state index contributed by atoms with van der Waals surface area (Å²) in [6, 6.07) is 6.54. The van der Waals surface area contributed by atoms with Crippen molar-refractivity contribution in [3.8, 4) is 0 Å². The number of nitrogens with one attached hydrogen (secondary N) is 1. The van der Waals surface area contributed by atoms with E-state index in [-0.39, 0.29) is 17.8 Å². The summed E-state index contributed by atoms with van der Waals surface area (Å²) in [7, 11) is 0. The van der Waals surface area contributed by atoms with Crippen LogP contribution in [-0.2, 0) is 11.2 Å². The first-order valence-corrected chi connectivity index (χ1v) is 7.01. The van der Waals surface area contributed by atoms with Gasteiger partial charge in [-0.1, -0.05) is 26.0 Å². The Morgan fingerprint density at radius 3 is 2.37 bits per heavy atom. The van der Waals surface area contributed by atoms with Crippen molar-refractivity contribution in [3.63, 3.8) is 0 Å². The van der Waals surface area contributed by atoms with Crippen LogP contribution < -0.4 is 5.32 Å². The van der Waals surface area contributed by atoms with Gasteiger partial charge in [-0.3, -0.25) is 4.79 Å². The Morgan fingerprint density at radius 1 is 1.16 bits per heavy atom. The van der Waals surface area contributed by atoms with Crippen LogP contribution in [-0.4, -0.2) is 11.9 Å². The molecule has 0 aliphatic rings. The molecule has 0 aliphatic carbocycles. The topological polar surface area (TPSA) is 29.1 Å². The lowest BCUT2D eigenvalue weighted by Gasteiger charge is -2.15. The molecule has 106 valence electrons. The first-order chi connectivity index (χ1) is 8.97. The molecule has 0 aromatic heterocycles. The minimum absolute atomic E-state index is 0.0700. The largest absolute Gasteiger partial charge is 0.354 e. The fourth-order valence-corrected chi connectivity index (χ4v) is 1.91. The SMILES string of the molecule is CC(C)CCC(C)NC(=O)CCc1ccc(F)cc1. The Balaban J connectivity index is 2.25. The molecular weight excluding hydrogens is 241 g/mol. The van der Waals surface area contributed by atoms with E-state index in [1.165, 1.54) is 12.1 Å². The monoisotopic (exact) mass is 265 g/mol. The third-order valence-corrected chi connectivity index (χ3v) is 3.14. The van der Waals surface area contributed by atoms with Gasteiger partial charge < -0.3 is 5.32 Å². The Hall–Kier alpha value is -1.38. The van der Waals surface area contributed by atoms with Gasteiger partial charge in [0.15, 0.2) is 0 Å². The summed E-state index contributed by atoms with van der Waals surface area (Å²) in [5, 5.41) is 3.00. The van der Waals surface area contributed by atoms with Crippen molar-refractivity contribution in [2.75, 3.05) is 0 Å². The van der Waals surface area contributed by atoms with Crippen LogP contribution in [0, 0.1) is 11.7 Å². The van der Waals surface area contributed by atoms with Crippen molar-refractivity contribution < 1.29 is 9.18 Å². The maximum absolute atomic E-state index is 12.7. The molecule has 1 rings (SSSR count). The second-order valence-corrected chi connectivity index (χ2v) is 5.57. The summed E-state index contributed by atoms with van der Waals surface area (Å²) in [6.07, 6.45) is 3.25. The van der Waals surface area contributed by atoms with E-state index >= 15 is 0 Å². The Labute approximate surface area is 115 Å². The van der Waals surface area contributed by atoms with E-state index in [1.54, 1.807) is 12.1 Å². The average molecular weight is 265 g/mol. The van der Waals surface area contributed by atoms with Crippen LogP contribution in [0.15, 0.2) is 24.3 Å². The zero-order chi connectivity index (χ0) is 14.3. The highest BCUT2D eigenvalue weighted by molar-refractivity contribution is 5.76. The van der Waals surface area contributed by atoms with Gasteiger partial charge in [0.05, 0.1) is 0 Å². The minimum Gasteiger partial charge on any atom is -0.354 e. The van der Waals surface area contributed by atoms with Gasteiger partial charge >= 0.3 is 0 Å². The molecule has 0 spiro atoms. The van der Waals surface area contributed by atoms with Gasteiger partial charge in [0, 0.05) is 12.5 Å². The van der Waals surface area contributed by atoms with Gasteiger partial charge in [0.25, 0.3) is 0 Å². The molecule has 1 aromatic rings. The maximum atomic E-state index is 12.7. The summed E-state index contributed by atoms with van der Waals surface area (Å²) in [6.45, 7) is 6.41. The lowest BCUT2D eigenvalue weighted by Crippen LogP contribution is -2.32. The van der Waals surface area contributed by atoms with Gasteiger partial charge in [0.1, 0.15) is 5.82 Å². The van der Waals surface area contributed by atoms with Crippen molar-refractivity contribution in [2.45, 2.75) is 52.5 Å². The van der Waals surface area contributed by atoms with Crippen LogP contribution in [0.2, 0.25) is 0 Å². The van der Waals surface area contributed by atoms with Crippen LogP contribution in [0.5, 0.6) is 0 Å². The van der Waals surface area contributed by atoms with Gasteiger partial charge in [-0.2, -0.15) is 0 Å². The van der Waals surface area contributed by atoms with E-state index in [4.69, 9.17) is 0 Å². The smallest absolute Gasteiger partial charge is 0.220 e. The van der Waals surface area contributed by atoms with Crippen LogP contribution in [0.25, 0.3) is 0 Å². The summed E-state index contributed by atoms with van der Waals surface area (Å²) >= 11 is 0. The highest BCUT2D eigenvalue weighted by Gasteiger charge is 2.08. The van der Waals surface area contributed by atoms with E-state index in [9.17, 15) is 9.18 Å². The Morgan fingerprint density at radius 2 is 1.79 bits per heavy atom. The third kappa shape index (κ3) is 6.94. The number of carbonyl (C=O) groups excluding carboxylic acids is 1. The summed E-state index contributed by atoms with van der Waals surface area (Å²) in [5.41, 5.74) is 0.992. The molecule has 1 aromatic carbocycles. The quantitative estimate of drug-likeness (QED) is 0.800. The van der Waals surface area contributed by atoms with Gasteiger partial charge in [-0.15, -0.1) is 0 Å². The van der Waals surface area contributed by atoms with Crippen molar-refractivity contribution in [2.24, 2.45) is 5.92 Å². The molecule has 1 atom stereocenters. The van der Waals surface area contributed by atoms with E-state index in [0.717, 1.165) is 18.4 Å². The van der Waals surface area contributed by atoms with E-state index < -0.39 is 0 Å². The molecule has 0 fully saturated rings. The van der Waals surface area contributed by atoms with Crippen LogP contribution in [0.4, 0.5) is 4.39 Å². The number of halogens is 1. The predicted molar refractivity (Wildman–Crippen MR) is 76.4 cm³/mol. The Kier molecular flexibility index (Phi) is 6.54. The molecule has 0 saturated heterocycles. The van der Waals surface area contributed by atoms with E-state index in [1.807, 2.05) is 6.92 Å². The second kappa shape index (κ2) is 7.93. The fourth-order valence-electron chi connectivity index (χ4n) is 1.91. The molecule has 3 heteroatoms. The van der Waals surface area contributed by atoms with Gasteiger partial charge in [-0.25, -0.2) is 4.39 Å². The highest BCUT2D eigenvalue weighted by atomic mass is 19.1. The normalized spacial score (nSPS) is 12.5. The molecular formula is C16H24FNO. The van der Waals surface area contributed by atoms with Crippen LogP contribution >= 0.6 is 0 Å². The maximum Gasteiger partial charge on any atom is 0.220 e. The molecule has 1 unspecified atom stereocenters. The first kappa shape index (κ1) is 15.7. The molecule has 0 aliphatic heterocycles. The predicted octanol–water partition coefficient (Wildman–Crippen LogP) is 3.70. The second-order valence-electron chi connectivity index (χ2n) is 5.57. The Bertz CT molecular complexity index is 386. The minimum atomic E-state index is -0.240. The number of aryl methyl sites for hydroxylation is 1. The number of benzene rings is 1. The molecule has 2 nitrogen and oxygen atoms in total. The molecule has 1 amide bonds. The number of hydrogen-bond acceptors (Lipinski definition) is 1. The lowest BCUT2D eigenvalue weighted by molar-refractivity contribution is -0.121. The summed E-state index contributed by atoms with van der Waals surface area (Å²) in [5.74, 6) is 0.495. The molecule has 1 N–H and O–H groups in total. The number of hydrogen-bond donors (Lipinski definition) is 1. The number of amides is 1. The zero-order valence-corrected chi connectivity index (χ0v) is 12.1. The zero-order valence-electron chi connectivity index (χ0n) is 12.1. The molecule has 0 radical (unpaired) electrons.